The quantitative estimate of drug-likeness (QED) is 0.873. The summed E-state index contributed by atoms with van der Waals surface area (Å²) in [5.74, 6) is 1.85. The lowest BCUT2D eigenvalue weighted by atomic mass is 10.2. The van der Waals surface area contributed by atoms with E-state index >= 15 is 0 Å². The number of nitrogens with one attached hydrogen (secondary N) is 1. The van der Waals surface area contributed by atoms with Crippen LogP contribution in [0.1, 0.15) is 6.92 Å². The zero-order valence-corrected chi connectivity index (χ0v) is 11.4. The Morgan fingerprint density at radius 1 is 1.29 bits per heavy atom. The monoisotopic (exact) mass is 249 g/mol. The summed E-state index contributed by atoms with van der Waals surface area (Å²) in [5.41, 5.74) is 2.32. The van der Waals surface area contributed by atoms with Gasteiger partial charge in [-0.3, -0.25) is 4.99 Å². The second kappa shape index (κ2) is 5.45. The molecule has 0 spiro atoms. The van der Waals surface area contributed by atoms with Gasteiger partial charge in [0, 0.05) is 37.8 Å². The molecule has 0 aromatic heterocycles. The second-order valence-electron chi connectivity index (χ2n) is 4.63. The van der Waals surface area contributed by atoms with Crippen LogP contribution in [0.3, 0.4) is 0 Å². The van der Waals surface area contributed by atoms with Crippen molar-refractivity contribution in [3.63, 3.8) is 0 Å². The van der Waals surface area contributed by atoms with Crippen LogP contribution in [0.25, 0.3) is 0 Å². The second-order valence-corrected chi connectivity index (χ2v) is 5.64. The zero-order valence-electron chi connectivity index (χ0n) is 10.6. The molecule has 2 rings (SSSR count). The molecule has 3 nitrogen and oxygen atoms in total. The van der Waals surface area contributed by atoms with E-state index in [2.05, 4.69) is 46.4 Å². The lowest BCUT2D eigenvalue weighted by Crippen LogP contribution is -2.18. The van der Waals surface area contributed by atoms with Crippen molar-refractivity contribution < 1.29 is 0 Å². The van der Waals surface area contributed by atoms with Gasteiger partial charge in [0.15, 0.2) is 5.17 Å². The van der Waals surface area contributed by atoms with Gasteiger partial charge in [0.2, 0.25) is 0 Å². The number of nitrogens with zero attached hydrogens (tertiary/aromatic N) is 2. The molecule has 0 saturated heterocycles. The Bertz CT molecular complexity index is 398. The van der Waals surface area contributed by atoms with E-state index in [1.54, 1.807) is 11.8 Å². The third-order valence-corrected chi connectivity index (χ3v) is 3.93. The molecule has 1 unspecified atom stereocenters. The number of benzene rings is 1. The lowest BCUT2D eigenvalue weighted by Gasteiger charge is -2.18. The Labute approximate surface area is 107 Å². The van der Waals surface area contributed by atoms with Gasteiger partial charge in [-0.1, -0.05) is 18.7 Å². The Balaban J connectivity index is 1.99. The van der Waals surface area contributed by atoms with Crippen LogP contribution in [0.15, 0.2) is 29.3 Å². The molecule has 4 heteroatoms. The highest BCUT2D eigenvalue weighted by Crippen LogP contribution is 2.21. The van der Waals surface area contributed by atoms with Crippen molar-refractivity contribution in [2.45, 2.75) is 6.92 Å². The summed E-state index contributed by atoms with van der Waals surface area (Å²) in [6.45, 7) is 3.17. The largest absolute Gasteiger partial charge is 0.378 e. The minimum absolute atomic E-state index is 0.696. The number of anilines is 2. The lowest BCUT2D eigenvalue weighted by molar-refractivity contribution is 0.674. The molecule has 0 fully saturated rings. The Hall–Kier alpha value is -1.16. The molecule has 0 radical (unpaired) electrons. The highest BCUT2D eigenvalue weighted by atomic mass is 32.2. The Morgan fingerprint density at radius 3 is 2.53 bits per heavy atom. The van der Waals surface area contributed by atoms with Crippen LogP contribution < -0.4 is 10.2 Å². The smallest absolute Gasteiger partial charge is 0.161 e. The van der Waals surface area contributed by atoms with Crippen LogP contribution in [0.4, 0.5) is 11.4 Å². The summed E-state index contributed by atoms with van der Waals surface area (Å²) >= 11 is 1.81. The molecule has 1 aliphatic rings. The van der Waals surface area contributed by atoms with Gasteiger partial charge in [0.25, 0.3) is 0 Å². The van der Waals surface area contributed by atoms with E-state index in [0.29, 0.717) is 5.92 Å². The average Bonchev–Trinajstić information content (AvgIpc) is 2.33. The van der Waals surface area contributed by atoms with Crippen molar-refractivity contribution in [3.05, 3.63) is 24.3 Å². The highest BCUT2D eigenvalue weighted by Gasteiger charge is 2.11. The first-order chi connectivity index (χ1) is 8.15. The van der Waals surface area contributed by atoms with Crippen LogP contribution in [-0.4, -0.2) is 31.6 Å². The maximum absolute atomic E-state index is 4.52. The fourth-order valence-corrected chi connectivity index (χ4v) is 2.50. The molecule has 17 heavy (non-hydrogen) atoms. The molecule has 0 bridgehead atoms. The highest BCUT2D eigenvalue weighted by molar-refractivity contribution is 8.14. The van der Waals surface area contributed by atoms with E-state index in [1.807, 2.05) is 14.1 Å². The summed E-state index contributed by atoms with van der Waals surface area (Å²) in [4.78, 5) is 6.62. The molecule has 1 atom stereocenters. The van der Waals surface area contributed by atoms with E-state index in [0.717, 1.165) is 23.2 Å². The zero-order chi connectivity index (χ0) is 12.3. The first kappa shape index (κ1) is 12.3. The normalized spacial score (nSPS) is 19.7. The van der Waals surface area contributed by atoms with Crippen molar-refractivity contribution in [3.8, 4) is 0 Å². The predicted octanol–water partition coefficient (Wildman–Crippen LogP) is 2.90. The standard InChI is InChI=1S/C13H19N3S/c1-10-8-14-13(17-9-10)15-11-4-6-12(7-5-11)16(2)3/h4-7,10H,8-9H2,1-3H3,(H,14,15). The molecule has 0 aliphatic carbocycles. The fraction of sp³-hybridized carbons (Fsp3) is 0.462. The molecule has 0 saturated carbocycles. The van der Waals surface area contributed by atoms with Crippen LogP contribution in [0.5, 0.6) is 0 Å². The van der Waals surface area contributed by atoms with Gasteiger partial charge in [-0.05, 0) is 30.2 Å². The van der Waals surface area contributed by atoms with E-state index < -0.39 is 0 Å². The third-order valence-electron chi connectivity index (χ3n) is 2.69. The number of rotatable bonds is 2. The molecule has 92 valence electrons. The van der Waals surface area contributed by atoms with E-state index in [4.69, 9.17) is 0 Å². The van der Waals surface area contributed by atoms with Gasteiger partial charge in [-0.25, -0.2) is 0 Å². The Kier molecular flexibility index (Phi) is 3.94. The number of thioether (sulfide) groups is 1. The maximum Gasteiger partial charge on any atom is 0.161 e. The van der Waals surface area contributed by atoms with Gasteiger partial charge >= 0.3 is 0 Å². The molecular weight excluding hydrogens is 230 g/mol. The summed E-state index contributed by atoms with van der Waals surface area (Å²) in [5, 5.41) is 4.40. The number of amidine groups is 1. The van der Waals surface area contributed by atoms with Crippen LogP contribution >= 0.6 is 11.8 Å². The molecule has 0 amide bonds. The fourth-order valence-electron chi connectivity index (χ4n) is 1.60. The minimum atomic E-state index is 0.696. The van der Waals surface area contributed by atoms with Gasteiger partial charge in [-0.15, -0.1) is 0 Å². The first-order valence-electron chi connectivity index (χ1n) is 5.87. The molecule has 1 aromatic carbocycles. The van der Waals surface area contributed by atoms with Gasteiger partial charge in [0.1, 0.15) is 0 Å². The predicted molar refractivity (Wildman–Crippen MR) is 78.3 cm³/mol. The van der Waals surface area contributed by atoms with Crippen molar-refractivity contribution in [1.29, 1.82) is 0 Å². The van der Waals surface area contributed by atoms with E-state index in [-0.39, 0.29) is 0 Å². The minimum Gasteiger partial charge on any atom is -0.378 e. The molecular formula is C13H19N3S. The Morgan fingerprint density at radius 2 is 2.00 bits per heavy atom. The van der Waals surface area contributed by atoms with Gasteiger partial charge < -0.3 is 10.2 Å². The average molecular weight is 249 g/mol. The molecule has 1 aromatic rings. The first-order valence-corrected chi connectivity index (χ1v) is 6.85. The van der Waals surface area contributed by atoms with E-state index in [1.165, 1.54) is 5.69 Å². The van der Waals surface area contributed by atoms with Gasteiger partial charge in [0.05, 0.1) is 0 Å². The molecule has 1 N–H and O–H groups in total. The van der Waals surface area contributed by atoms with Gasteiger partial charge in [-0.2, -0.15) is 0 Å². The molecule has 1 heterocycles. The topological polar surface area (TPSA) is 27.6 Å². The van der Waals surface area contributed by atoms with E-state index in [9.17, 15) is 0 Å². The summed E-state index contributed by atoms with van der Waals surface area (Å²) in [7, 11) is 4.09. The SMILES string of the molecule is CC1CN=C(Nc2ccc(N(C)C)cc2)SC1. The molecule has 1 aliphatic heterocycles. The van der Waals surface area contributed by atoms with Crippen molar-refractivity contribution >= 4 is 28.3 Å². The maximum atomic E-state index is 4.52. The summed E-state index contributed by atoms with van der Waals surface area (Å²) in [6.07, 6.45) is 0. The van der Waals surface area contributed by atoms with Crippen LogP contribution in [-0.2, 0) is 0 Å². The summed E-state index contributed by atoms with van der Waals surface area (Å²) < 4.78 is 0. The summed E-state index contributed by atoms with van der Waals surface area (Å²) in [6, 6.07) is 8.41. The number of aliphatic imine (C=N–C) groups is 1. The third kappa shape index (κ3) is 3.40. The number of hydrogen-bond acceptors (Lipinski definition) is 4. The van der Waals surface area contributed by atoms with Crippen molar-refractivity contribution in [2.75, 3.05) is 36.6 Å². The van der Waals surface area contributed by atoms with Crippen LogP contribution in [0.2, 0.25) is 0 Å². The van der Waals surface area contributed by atoms with Crippen molar-refractivity contribution in [2.24, 2.45) is 10.9 Å². The number of hydrogen-bond donors (Lipinski definition) is 1. The van der Waals surface area contributed by atoms with Crippen LogP contribution in [0, 0.1) is 5.92 Å². The van der Waals surface area contributed by atoms with Crippen molar-refractivity contribution in [1.82, 2.24) is 0 Å².